The minimum atomic E-state index is -0.168. The van der Waals surface area contributed by atoms with E-state index in [0.717, 1.165) is 53.4 Å². The van der Waals surface area contributed by atoms with Crippen LogP contribution >= 0.6 is 24.8 Å². The summed E-state index contributed by atoms with van der Waals surface area (Å²) in [4.78, 5) is 18.0. The average Bonchev–Trinajstić information content (AvgIpc) is 3.27. The summed E-state index contributed by atoms with van der Waals surface area (Å²) in [7, 11) is 2.23. The maximum atomic E-state index is 14.5. The fourth-order valence-corrected chi connectivity index (χ4v) is 6.00. The first-order chi connectivity index (χ1) is 17.0. The number of likely N-dealkylation sites (tertiary alicyclic amines) is 2. The van der Waals surface area contributed by atoms with Gasteiger partial charge in [-0.25, -0.2) is 4.39 Å². The van der Waals surface area contributed by atoms with Gasteiger partial charge in [0.15, 0.2) is 0 Å². The second-order valence-corrected chi connectivity index (χ2v) is 10.3. The number of para-hydroxylation sites is 1. The second kappa shape index (κ2) is 13.1. The van der Waals surface area contributed by atoms with Crippen LogP contribution in [0, 0.1) is 5.82 Å². The van der Waals surface area contributed by atoms with Gasteiger partial charge in [0.05, 0.1) is 5.56 Å². The van der Waals surface area contributed by atoms with Gasteiger partial charge in [-0.3, -0.25) is 4.79 Å². The highest BCUT2D eigenvalue weighted by molar-refractivity contribution is 6.07. The van der Waals surface area contributed by atoms with Crippen LogP contribution in [0.4, 0.5) is 4.39 Å². The van der Waals surface area contributed by atoms with Crippen molar-refractivity contribution in [3.63, 3.8) is 0 Å². The predicted octanol–water partition coefficient (Wildman–Crippen LogP) is 5.98. The van der Waals surface area contributed by atoms with E-state index < -0.39 is 0 Å². The van der Waals surface area contributed by atoms with E-state index >= 15 is 0 Å². The second-order valence-electron chi connectivity index (χ2n) is 10.3. The molecule has 2 aromatic carbocycles. The molecule has 2 N–H and O–H groups in total. The average molecular weight is 550 g/mol. The van der Waals surface area contributed by atoms with Crippen molar-refractivity contribution in [2.45, 2.75) is 63.6 Å². The molecule has 3 heterocycles. The van der Waals surface area contributed by atoms with Crippen molar-refractivity contribution in [3.05, 3.63) is 71.2 Å². The molecule has 1 aromatic heterocycles. The van der Waals surface area contributed by atoms with E-state index in [4.69, 9.17) is 5.73 Å². The number of rotatable bonds is 6. The molecule has 8 heteroatoms. The summed E-state index contributed by atoms with van der Waals surface area (Å²) in [5, 5.41) is 1.03. The number of aromatic nitrogens is 1. The van der Waals surface area contributed by atoms with Crippen molar-refractivity contribution >= 4 is 41.6 Å². The van der Waals surface area contributed by atoms with E-state index in [9.17, 15) is 9.18 Å². The zero-order valence-electron chi connectivity index (χ0n) is 21.6. The Balaban J connectivity index is 0.00000190. The largest absolute Gasteiger partial charge is 0.347 e. The molecule has 1 amide bonds. The summed E-state index contributed by atoms with van der Waals surface area (Å²) >= 11 is 0. The molecule has 0 saturated carbocycles. The maximum absolute atomic E-state index is 14.5. The molecule has 0 spiro atoms. The summed E-state index contributed by atoms with van der Waals surface area (Å²) in [5.41, 5.74) is 9.37. The molecule has 0 bridgehead atoms. The summed E-state index contributed by atoms with van der Waals surface area (Å²) < 4.78 is 16.8. The minimum absolute atomic E-state index is 0. The van der Waals surface area contributed by atoms with Gasteiger partial charge in [-0.05, 0) is 74.9 Å². The normalized spacial score (nSPS) is 18.9. The van der Waals surface area contributed by atoms with Gasteiger partial charge in [0.25, 0.3) is 5.91 Å². The first kappa shape index (κ1) is 29.4. The molecule has 1 atom stereocenters. The number of carbonyl (C=O) groups is 1. The molecule has 1 unspecified atom stereocenters. The lowest BCUT2D eigenvalue weighted by Gasteiger charge is -2.32. The Morgan fingerprint density at radius 1 is 1.03 bits per heavy atom. The Morgan fingerprint density at radius 2 is 1.78 bits per heavy atom. The highest BCUT2D eigenvalue weighted by Crippen LogP contribution is 2.32. The van der Waals surface area contributed by atoms with Crippen molar-refractivity contribution in [2.75, 3.05) is 26.7 Å². The quantitative estimate of drug-likeness (QED) is 0.412. The van der Waals surface area contributed by atoms with Crippen LogP contribution in [0.1, 0.15) is 65.9 Å². The number of piperidine rings is 2. The Bertz CT molecular complexity index is 1190. The van der Waals surface area contributed by atoms with Crippen LogP contribution < -0.4 is 5.73 Å². The number of amides is 1. The smallest absolute Gasteiger partial charge is 0.256 e. The van der Waals surface area contributed by atoms with Crippen LogP contribution in [-0.4, -0.2) is 53.0 Å². The SMILES string of the molecule is CN1CCCCC1CCn1cc(C(=O)N2CCC(c3cc(CN)ccc3F)CC2)c2ccccc21.Cl.Cl. The number of nitrogens with two attached hydrogens (primary N) is 1. The third-order valence-corrected chi connectivity index (χ3v) is 8.16. The van der Waals surface area contributed by atoms with Gasteiger partial charge in [-0.1, -0.05) is 36.8 Å². The van der Waals surface area contributed by atoms with Gasteiger partial charge in [0.1, 0.15) is 5.82 Å². The van der Waals surface area contributed by atoms with E-state index in [2.05, 4.69) is 40.9 Å². The first-order valence-corrected chi connectivity index (χ1v) is 13.1. The zero-order chi connectivity index (χ0) is 24.4. The Hall–Kier alpha value is -2.12. The molecule has 2 aliphatic rings. The molecule has 5 nitrogen and oxygen atoms in total. The van der Waals surface area contributed by atoms with Crippen molar-refractivity contribution in [1.29, 1.82) is 0 Å². The Morgan fingerprint density at radius 3 is 2.51 bits per heavy atom. The van der Waals surface area contributed by atoms with Gasteiger partial charge in [0.2, 0.25) is 0 Å². The van der Waals surface area contributed by atoms with E-state index in [1.165, 1.54) is 31.9 Å². The summed E-state index contributed by atoms with van der Waals surface area (Å²) in [6, 6.07) is 14.0. The van der Waals surface area contributed by atoms with Gasteiger partial charge in [-0.2, -0.15) is 0 Å². The van der Waals surface area contributed by atoms with Gasteiger partial charge in [0, 0.05) is 49.3 Å². The van der Waals surface area contributed by atoms with E-state index in [0.29, 0.717) is 25.7 Å². The standard InChI is InChI=1S/C29H37FN4O.2ClH/c1-32-14-5-4-6-23(32)13-17-34-20-26(24-7-2-3-8-28(24)34)29(35)33-15-11-22(12-16-33)25-18-21(19-31)9-10-27(25)30;;/h2-3,7-10,18,20,22-23H,4-6,11-17,19,31H2,1H3;2*1H. The molecular weight excluding hydrogens is 510 g/mol. The highest BCUT2D eigenvalue weighted by Gasteiger charge is 2.28. The molecule has 3 aromatic rings. The van der Waals surface area contributed by atoms with Crippen molar-refractivity contribution in [1.82, 2.24) is 14.4 Å². The fraction of sp³-hybridized carbons (Fsp3) is 0.483. The lowest BCUT2D eigenvalue weighted by atomic mass is 9.88. The van der Waals surface area contributed by atoms with Crippen LogP contribution in [0.5, 0.6) is 0 Å². The number of aryl methyl sites for hydroxylation is 1. The summed E-state index contributed by atoms with van der Waals surface area (Å²) in [6.45, 7) is 3.79. The molecule has 0 radical (unpaired) electrons. The molecule has 2 fully saturated rings. The molecule has 0 aliphatic carbocycles. The number of hydrogen-bond acceptors (Lipinski definition) is 3. The van der Waals surface area contributed by atoms with E-state index in [1.54, 1.807) is 6.07 Å². The number of fused-ring (bicyclic) bond motifs is 1. The summed E-state index contributed by atoms with van der Waals surface area (Å²) in [5.74, 6) is 0.0439. The highest BCUT2D eigenvalue weighted by atomic mass is 35.5. The summed E-state index contributed by atoms with van der Waals surface area (Å²) in [6.07, 6.45) is 8.55. The van der Waals surface area contributed by atoms with Gasteiger partial charge < -0.3 is 20.1 Å². The zero-order valence-corrected chi connectivity index (χ0v) is 23.2. The van der Waals surface area contributed by atoms with Crippen molar-refractivity contribution in [2.24, 2.45) is 5.73 Å². The van der Waals surface area contributed by atoms with Crippen molar-refractivity contribution < 1.29 is 9.18 Å². The van der Waals surface area contributed by atoms with Gasteiger partial charge >= 0.3 is 0 Å². The third-order valence-electron chi connectivity index (χ3n) is 8.16. The predicted molar refractivity (Wildman–Crippen MR) is 153 cm³/mol. The molecule has 5 rings (SSSR count). The number of nitrogens with zero attached hydrogens (tertiary/aromatic N) is 3. The van der Waals surface area contributed by atoms with Crippen LogP contribution in [0.25, 0.3) is 10.9 Å². The topological polar surface area (TPSA) is 54.5 Å². The third kappa shape index (κ3) is 6.31. The molecule has 2 saturated heterocycles. The monoisotopic (exact) mass is 548 g/mol. The lowest BCUT2D eigenvalue weighted by Crippen LogP contribution is -2.38. The molecule has 202 valence electrons. The van der Waals surface area contributed by atoms with Crippen LogP contribution in [0.2, 0.25) is 0 Å². The van der Waals surface area contributed by atoms with Gasteiger partial charge in [-0.15, -0.1) is 24.8 Å². The number of halogens is 3. The molecular formula is C29H39Cl2FN4O. The van der Waals surface area contributed by atoms with E-state index in [1.807, 2.05) is 17.0 Å². The van der Waals surface area contributed by atoms with Crippen LogP contribution in [-0.2, 0) is 13.1 Å². The lowest BCUT2D eigenvalue weighted by molar-refractivity contribution is 0.0714. The maximum Gasteiger partial charge on any atom is 0.256 e. The Labute approximate surface area is 232 Å². The number of carbonyl (C=O) groups excluding carboxylic acids is 1. The fourth-order valence-electron chi connectivity index (χ4n) is 6.00. The Kier molecular flexibility index (Phi) is 10.4. The number of hydrogen-bond donors (Lipinski definition) is 1. The minimum Gasteiger partial charge on any atom is -0.347 e. The van der Waals surface area contributed by atoms with Crippen LogP contribution in [0.15, 0.2) is 48.7 Å². The molecule has 2 aliphatic heterocycles. The van der Waals surface area contributed by atoms with Crippen LogP contribution in [0.3, 0.4) is 0 Å². The van der Waals surface area contributed by atoms with Crippen molar-refractivity contribution in [3.8, 4) is 0 Å². The van der Waals surface area contributed by atoms with E-state index in [-0.39, 0.29) is 42.5 Å². The molecule has 37 heavy (non-hydrogen) atoms. The first-order valence-electron chi connectivity index (χ1n) is 13.1. The number of benzene rings is 2.